The van der Waals surface area contributed by atoms with Crippen molar-refractivity contribution in [2.75, 3.05) is 27.8 Å². The van der Waals surface area contributed by atoms with E-state index in [4.69, 9.17) is 32.7 Å². The minimum atomic E-state index is -0.0765. The van der Waals surface area contributed by atoms with E-state index >= 15 is 0 Å². The summed E-state index contributed by atoms with van der Waals surface area (Å²) < 4.78 is 10.5. The van der Waals surface area contributed by atoms with E-state index < -0.39 is 0 Å². The first-order valence-electron chi connectivity index (χ1n) is 8.03. The number of nitrogens with zero attached hydrogens (tertiary/aromatic N) is 1. The van der Waals surface area contributed by atoms with Crippen molar-refractivity contribution in [3.63, 3.8) is 0 Å². The third-order valence-electron chi connectivity index (χ3n) is 3.81. The minimum absolute atomic E-state index is 0.0765. The number of nitrogens with one attached hydrogen (secondary N) is 1. The summed E-state index contributed by atoms with van der Waals surface area (Å²) in [6, 6.07) is 10.9. The first-order chi connectivity index (χ1) is 12.4. The Morgan fingerprint density at radius 1 is 1.08 bits per heavy atom. The van der Waals surface area contributed by atoms with Crippen molar-refractivity contribution in [2.24, 2.45) is 0 Å². The van der Waals surface area contributed by atoms with Crippen molar-refractivity contribution in [1.82, 2.24) is 10.2 Å². The smallest absolute Gasteiger partial charge is 0.234 e. The summed E-state index contributed by atoms with van der Waals surface area (Å²) >= 11 is 12.1. The molecule has 0 aliphatic heterocycles. The summed E-state index contributed by atoms with van der Waals surface area (Å²) in [5, 5.41) is 4.08. The van der Waals surface area contributed by atoms with Crippen LogP contribution < -0.4 is 14.8 Å². The maximum atomic E-state index is 12.2. The topological polar surface area (TPSA) is 50.8 Å². The Kier molecular flexibility index (Phi) is 7.57. The molecule has 0 heterocycles. The zero-order valence-electron chi connectivity index (χ0n) is 15.0. The second kappa shape index (κ2) is 9.67. The summed E-state index contributed by atoms with van der Waals surface area (Å²) in [5.74, 6) is 1.21. The molecule has 1 amide bonds. The molecule has 0 aliphatic rings. The summed E-state index contributed by atoms with van der Waals surface area (Å²) in [6.45, 7) is 1.22. The molecule has 0 spiro atoms. The normalized spacial score (nSPS) is 10.7. The number of hydrogen-bond acceptors (Lipinski definition) is 4. The molecular weight excluding hydrogens is 375 g/mol. The Labute approximate surface area is 163 Å². The molecule has 2 aromatic carbocycles. The fourth-order valence-electron chi connectivity index (χ4n) is 2.49. The molecule has 0 bridgehead atoms. The Morgan fingerprint density at radius 3 is 2.46 bits per heavy atom. The molecule has 0 radical (unpaired) electrons. The first kappa shape index (κ1) is 20.4. The van der Waals surface area contributed by atoms with Gasteiger partial charge in [-0.1, -0.05) is 35.3 Å². The minimum Gasteiger partial charge on any atom is -0.493 e. The quantitative estimate of drug-likeness (QED) is 0.737. The monoisotopic (exact) mass is 396 g/mol. The molecule has 0 atom stereocenters. The van der Waals surface area contributed by atoms with Gasteiger partial charge in [0.2, 0.25) is 5.91 Å². The Hall–Kier alpha value is -1.95. The predicted molar refractivity (Wildman–Crippen MR) is 104 cm³/mol. The van der Waals surface area contributed by atoms with E-state index in [0.717, 1.165) is 11.1 Å². The number of methoxy groups -OCH3 is 2. The lowest BCUT2D eigenvalue weighted by atomic mass is 10.2. The van der Waals surface area contributed by atoms with Gasteiger partial charge in [-0.2, -0.15) is 0 Å². The molecule has 0 saturated carbocycles. The van der Waals surface area contributed by atoms with Crippen LogP contribution in [0.5, 0.6) is 11.5 Å². The Balaban J connectivity index is 1.86. The highest BCUT2D eigenvalue weighted by Gasteiger charge is 2.10. The molecule has 7 heteroatoms. The number of benzene rings is 2. The fraction of sp³-hybridized carbons (Fsp3) is 0.316. The zero-order chi connectivity index (χ0) is 19.1. The highest BCUT2D eigenvalue weighted by molar-refractivity contribution is 6.35. The van der Waals surface area contributed by atoms with Crippen molar-refractivity contribution in [3.05, 3.63) is 57.6 Å². The zero-order valence-corrected chi connectivity index (χ0v) is 16.5. The second-order valence-corrected chi connectivity index (χ2v) is 6.72. The van der Waals surface area contributed by atoms with Gasteiger partial charge < -0.3 is 14.8 Å². The van der Waals surface area contributed by atoms with Gasteiger partial charge in [0.25, 0.3) is 0 Å². The summed E-state index contributed by atoms with van der Waals surface area (Å²) in [7, 11) is 5.03. The van der Waals surface area contributed by atoms with E-state index in [1.54, 1.807) is 26.4 Å². The van der Waals surface area contributed by atoms with Crippen LogP contribution in [-0.4, -0.2) is 38.6 Å². The van der Waals surface area contributed by atoms with Crippen LogP contribution in [0.3, 0.4) is 0 Å². The number of hydrogen-bond donors (Lipinski definition) is 1. The summed E-state index contributed by atoms with van der Waals surface area (Å²) in [5.41, 5.74) is 1.85. The van der Waals surface area contributed by atoms with Crippen LogP contribution in [0.15, 0.2) is 36.4 Å². The van der Waals surface area contributed by atoms with Gasteiger partial charge in [-0.15, -0.1) is 0 Å². The molecule has 0 aliphatic carbocycles. The molecule has 0 fully saturated rings. The number of rotatable bonds is 8. The van der Waals surface area contributed by atoms with E-state index in [1.807, 2.05) is 36.2 Å². The Bertz CT molecular complexity index is 768. The van der Waals surface area contributed by atoms with Crippen molar-refractivity contribution in [1.29, 1.82) is 0 Å². The molecule has 2 aromatic rings. The maximum Gasteiger partial charge on any atom is 0.234 e. The fourth-order valence-corrected chi connectivity index (χ4v) is 2.96. The largest absolute Gasteiger partial charge is 0.493 e. The van der Waals surface area contributed by atoms with Crippen LogP contribution in [0.4, 0.5) is 0 Å². The van der Waals surface area contributed by atoms with Crippen LogP contribution >= 0.6 is 23.2 Å². The average Bonchev–Trinajstić information content (AvgIpc) is 2.62. The van der Waals surface area contributed by atoms with E-state index in [0.29, 0.717) is 34.6 Å². The number of carbonyl (C=O) groups is 1. The van der Waals surface area contributed by atoms with Crippen LogP contribution in [0.25, 0.3) is 0 Å². The molecule has 0 aromatic heterocycles. The van der Waals surface area contributed by atoms with Crippen molar-refractivity contribution in [3.8, 4) is 11.5 Å². The van der Waals surface area contributed by atoms with Crippen molar-refractivity contribution < 1.29 is 14.3 Å². The van der Waals surface area contributed by atoms with Crippen LogP contribution in [0.1, 0.15) is 11.1 Å². The van der Waals surface area contributed by atoms with E-state index in [2.05, 4.69) is 5.32 Å². The maximum absolute atomic E-state index is 12.2. The summed E-state index contributed by atoms with van der Waals surface area (Å²) in [6.07, 6.45) is 0. The van der Waals surface area contributed by atoms with Gasteiger partial charge in [0.1, 0.15) is 0 Å². The molecule has 2 rings (SSSR count). The van der Waals surface area contributed by atoms with Crippen molar-refractivity contribution in [2.45, 2.75) is 13.1 Å². The number of halogens is 2. The van der Waals surface area contributed by atoms with Crippen LogP contribution in [0.2, 0.25) is 10.0 Å². The van der Waals surface area contributed by atoms with Gasteiger partial charge in [-0.05, 0) is 42.4 Å². The predicted octanol–water partition coefficient (Wildman–Crippen LogP) is 3.76. The Morgan fingerprint density at radius 2 is 1.81 bits per heavy atom. The van der Waals surface area contributed by atoms with E-state index in [1.165, 1.54) is 0 Å². The number of likely N-dealkylation sites (N-methyl/N-ethyl adjacent to an activating group) is 1. The SMILES string of the molecule is COc1ccc(CNC(=O)CN(C)Cc2ccc(Cl)cc2Cl)cc1OC. The number of carbonyl (C=O) groups excluding carboxylic acids is 1. The van der Waals surface area contributed by atoms with Crippen LogP contribution in [-0.2, 0) is 17.9 Å². The van der Waals surface area contributed by atoms with E-state index in [9.17, 15) is 4.79 Å². The standard InChI is InChI=1S/C19H22Cl2N2O3/c1-23(11-14-5-6-15(20)9-16(14)21)12-19(24)22-10-13-4-7-17(25-2)18(8-13)26-3/h4-9H,10-12H2,1-3H3,(H,22,24). The third-order valence-corrected chi connectivity index (χ3v) is 4.39. The van der Waals surface area contributed by atoms with E-state index in [-0.39, 0.29) is 12.5 Å². The average molecular weight is 397 g/mol. The number of amides is 1. The lowest BCUT2D eigenvalue weighted by Crippen LogP contribution is -2.34. The summed E-state index contributed by atoms with van der Waals surface area (Å²) in [4.78, 5) is 14.1. The second-order valence-electron chi connectivity index (χ2n) is 5.87. The van der Waals surface area contributed by atoms with Crippen molar-refractivity contribution >= 4 is 29.1 Å². The molecule has 0 saturated heterocycles. The van der Waals surface area contributed by atoms with Gasteiger partial charge >= 0.3 is 0 Å². The number of ether oxygens (including phenoxy) is 2. The molecule has 0 unspecified atom stereocenters. The lowest BCUT2D eigenvalue weighted by Gasteiger charge is -2.17. The molecule has 140 valence electrons. The van der Waals surface area contributed by atoms with Gasteiger partial charge in [-0.25, -0.2) is 0 Å². The van der Waals surface area contributed by atoms with Gasteiger partial charge in [0.05, 0.1) is 20.8 Å². The first-order valence-corrected chi connectivity index (χ1v) is 8.78. The molecule has 5 nitrogen and oxygen atoms in total. The molecule has 1 N–H and O–H groups in total. The van der Waals surface area contributed by atoms with Gasteiger partial charge in [-0.3, -0.25) is 9.69 Å². The highest BCUT2D eigenvalue weighted by atomic mass is 35.5. The molecular formula is C19H22Cl2N2O3. The highest BCUT2D eigenvalue weighted by Crippen LogP contribution is 2.27. The lowest BCUT2D eigenvalue weighted by molar-refractivity contribution is -0.122. The van der Waals surface area contributed by atoms with Gasteiger partial charge in [0, 0.05) is 23.1 Å². The molecule has 26 heavy (non-hydrogen) atoms. The third kappa shape index (κ3) is 5.80. The van der Waals surface area contributed by atoms with Crippen LogP contribution in [0, 0.1) is 0 Å². The van der Waals surface area contributed by atoms with Gasteiger partial charge in [0.15, 0.2) is 11.5 Å².